The molecule has 1 unspecified atom stereocenters. The lowest BCUT2D eigenvalue weighted by atomic mass is 10.1. The van der Waals surface area contributed by atoms with Crippen LogP contribution in [0.2, 0.25) is 0 Å². The average Bonchev–Trinajstić information content (AvgIpc) is 3.13. The quantitative estimate of drug-likeness (QED) is 0.866. The lowest BCUT2D eigenvalue weighted by Gasteiger charge is -2.11. The van der Waals surface area contributed by atoms with Crippen LogP contribution in [-0.4, -0.2) is 24.3 Å². The Labute approximate surface area is 108 Å². The molecule has 1 saturated carbocycles. The molecule has 1 aliphatic rings. The number of halogens is 1. The second-order valence-corrected chi connectivity index (χ2v) is 4.79. The number of rotatable bonds is 4. The van der Waals surface area contributed by atoms with Gasteiger partial charge < -0.3 is 14.6 Å². The average molecular weight is 301 g/mol. The monoisotopic (exact) mass is 300 g/mol. The Morgan fingerprint density at radius 3 is 2.76 bits per heavy atom. The molecule has 0 radical (unpaired) electrons. The van der Waals surface area contributed by atoms with Gasteiger partial charge in [0.2, 0.25) is 0 Å². The molecule has 17 heavy (non-hydrogen) atoms. The molecule has 1 aromatic carbocycles. The molecule has 1 N–H and O–H groups in total. The van der Waals surface area contributed by atoms with E-state index in [1.54, 1.807) is 18.2 Å². The zero-order valence-corrected chi connectivity index (χ0v) is 10.9. The van der Waals surface area contributed by atoms with Crippen LogP contribution in [0.4, 0.5) is 0 Å². The zero-order valence-electron chi connectivity index (χ0n) is 9.35. The van der Waals surface area contributed by atoms with Gasteiger partial charge in [-0.15, -0.1) is 0 Å². The van der Waals surface area contributed by atoms with E-state index in [4.69, 9.17) is 4.74 Å². The molecular weight excluding hydrogens is 288 g/mol. The van der Waals surface area contributed by atoms with Gasteiger partial charge in [0.25, 0.3) is 0 Å². The normalized spacial score (nSPS) is 16.4. The third-order valence-electron chi connectivity index (χ3n) is 2.51. The van der Waals surface area contributed by atoms with E-state index >= 15 is 0 Å². The van der Waals surface area contributed by atoms with E-state index in [-0.39, 0.29) is 0 Å². The summed E-state index contributed by atoms with van der Waals surface area (Å²) in [4.78, 5) is 11.2. The minimum absolute atomic E-state index is 0.308. The summed E-state index contributed by atoms with van der Waals surface area (Å²) in [6, 6.07) is 5.06. The number of esters is 1. The van der Waals surface area contributed by atoms with Gasteiger partial charge in [-0.05, 0) is 46.5 Å². The van der Waals surface area contributed by atoms with Gasteiger partial charge in [0, 0.05) is 0 Å². The van der Waals surface area contributed by atoms with Crippen molar-refractivity contribution in [3.8, 4) is 5.75 Å². The maximum atomic E-state index is 11.2. The molecule has 5 heteroatoms. The Bertz CT molecular complexity index is 429. The number of hydrogen-bond donors (Lipinski definition) is 1. The van der Waals surface area contributed by atoms with Gasteiger partial charge in [0.15, 0.2) is 6.10 Å². The minimum atomic E-state index is -1.26. The van der Waals surface area contributed by atoms with Gasteiger partial charge in [-0.3, -0.25) is 0 Å². The number of ether oxygens (including phenoxy) is 2. The van der Waals surface area contributed by atoms with Crippen molar-refractivity contribution in [2.75, 3.05) is 7.11 Å². The second-order valence-electron chi connectivity index (χ2n) is 3.93. The molecule has 4 nitrogen and oxygen atoms in total. The smallest absolute Gasteiger partial charge is 0.339 e. The molecule has 0 aliphatic heterocycles. The first-order valence-corrected chi connectivity index (χ1v) is 6.13. The van der Waals surface area contributed by atoms with Crippen molar-refractivity contribution < 1.29 is 19.4 Å². The fourth-order valence-corrected chi connectivity index (χ4v) is 1.89. The Morgan fingerprint density at radius 2 is 2.24 bits per heavy atom. The molecule has 1 aromatic rings. The van der Waals surface area contributed by atoms with Crippen LogP contribution < -0.4 is 4.74 Å². The highest BCUT2D eigenvalue weighted by Gasteiger charge is 2.25. The number of aliphatic hydroxyl groups excluding tert-OH is 1. The van der Waals surface area contributed by atoms with Crippen molar-refractivity contribution in [3.63, 3.8) is 0 Å². The number of aliphatic hydroxyl groups is 1. The van der Waals surface area contributed by atoms with Gasteiger partial charge in [0.1, 0.15) is 5.75 Å². The molecule has 0 amide bonds. The molecule has 0 heterocycles. The molecule has 1 fully saturated rings. The lowest BCUT2D eigenvalue weighted by Crippen LogP contribution is -2.13. The number of methoxy groups -OCH3 is 1. The molecule has 92 valence electrons. The predicted octanol–water partition coefficient (Wildman–Crippen LogP) is 2.20. The van der Waals surface area contributed by atoms with E-state index in [1.165, 1.54) is 7.11 Å². The van der Waals surface area contributed by atoms with E-state index < -0.39 is 12.1 Å². The van der Waals surface area contributed by atoms with E-state index in [1.807, 2.05) is 0 Å². The van der Waals surface area contributed by atoms with E-state index in [0.717, 1.165) is 23.1 Å². The number of carbonyl (C=O) groups excluding carboxylic acids is 1. The van der Waals surface area contributed by atoms with Crippen molar-refractivity contribution in [2.24, 2.45) is 0 Å². The molecule has 0 aromatic heterocycles. The van der Waals surface area contributed by atoms with Gasteiger partial charge >= 0.3 is 5.97 Å². The fraction of sp³-hybridized carbons (Fsp3) is 0.417. The summed E-state index contributed by atoms with van der Waals surface area (Å²) >= 11 is 3.35. The topological polar surface area (TPSA) is 55.8 Å². The summed E-state index contributed by atoms with van der Waals surface area (Å²) in [6.45, 7) is 0. The number of carbonyl (C=O) groups is 1. The van der Waals surface area contributed by atoms with Crippen molar-refractivity contribution in [1.82, 2.24) is 0 Å². The first-order valence-electron chi connectivity index (χ1n) is 5.34. The lowest BCUT2D eigenvalue weighted by molar-refractivity contribution is -0.150. The van der Waals surface area contributed by atoms with Crippen LogP contribution in [0.25, 0.3) is 0 Å². The van der Waals surface area contributed by atoms with E-state index in [0.29, 0.717) is 11.7 Å². The number of benzene rings is 1. The summed E-state index contributed by atoms with van der Waals surface area (Å²) in [5.41, 5.74) is 0.479. The Balaban J connectivity index is 2.14. The van der Waals surface area contributed by atoms with Crippen LogP contribution >= 0.6 is 15.9 Å². The third-order valence-corrected chi connectivity index (χ3v) is 3.13. The summed E-state index contributed by atoms with van der Waals surface area (Å²) in [6.07, 6.45) is 1.21. The summed E-state index contributed by atoms with van der Waals surface area (Å²) in [7, 11) is 1.24. The van der Waals surface area contributed by atoms with Crippen LogP contribution in [0.3, 0.4) is 0 Å². The van der Waals surface area contributed by atoms with Gasteiger partial charge in [-0.25, -0.2) is 4.79 Å². The third kappa shape index (κ3) is 2.98. The first kappa shape index (κ1) is 12.4. The van der Waals surface area contributed by atoms with Crippen LogP contribution in [-0.2, 0) is 9.53 Å². The van der Waals surface area contributed by atoms with Crippen LogP contribution in [0.1, 0.15) is 24.5 Å². The Hall–Kier alpha value is -1.07. The van der Waals surface area contributed by atoms with Crippen LogP contribution in [0.15, 0.2) is 22.7 Å². The van der Waals surface area contributed by atoms with Crippen LogP contribution in [0, 0.1) is 0 Å². The van der Waals surface area contributed by atoms with Crippen molar-refractivity contribution in [3.05, 3.63) is 28.2 Å². The Morgan fingerprint density at radius 1 is 1.53 bits per heavy atom. The minimum Gasteiger partial charge on any atom is -0.489 e. The fourth-order valence-electron chi connectivity index (χ4n) is 1.40. The molecule has 1 aliphatic carbocycles. The largest absolute Gasteiger partial charge is 0.489 e. The summed E-state index contributed by atoms with van der Waals surface area (Å²) in [5.74, 6) is 0.0566. The molecular formula is C12H13BrO4. The van der Waals surface area contributed by atoms with Crippen molar-refractivity contribution >= 4 is 21.9 Å². The summed E-state index contributed by atoms with van der Waals surface area (Å²) < 4.78 is 10.8. The first-order chi connectivity index (χ1) is 8.11. The van der Waals surface area contributed by atoms with Crippen molar-refractivity contribution in [2.45, 2.75) is 25.0 Å². The van der Waals surface area contributed by atoms with Gasteiger partial charge in [0.05, 0.1) is 17.7 Å². The molecule has 1 atom stereocenters. The molecule has 0 saturated heterocycles. The highest BCUT2D eigenvalue weighted by Crippen LogP contribution is 2.33. The predicted molar refractivity (Wildman–Crippen MR) is 64.8 cm³/mol. The van der Waals surface area contributed by atoms with E-state index in [9.17, 15) is 9.90 Å². The highest BCUT2D eigenvalue weighted by atomic mass is 79.9. The zero-order chi connectivity index (χ0) is 12.4. The Kier molecular flexibility index (Phi) is 3.69. The maximum Gasteiger partial charge on any atom is 0.339 e. The number of hydrogen-bond acceptors (Lipinski definition) is 4. The van der Waals surface area contributed by atoms with Gasteiger partial charge in [-0.2, -0.15) is 0 Å². The highest BCUT2D eigenvalue weighted by molar-refractivity contribution is 9.10. The standard InChI is InChI=1S/C12H13BrO4/c1-16-12(15)11(14)7-2-5-10(9(13)6-7)17-8-3-4-8/h2,5-6,8,11,14H,3-4H2,1H3. The van der Waals surface area contributed by atoms with Gasteiger partial charge in [-0.1, -0.05) is 6.07 Å². The van der Waals surface area contributed by atoms with Crippen molar-refractivity contribution in [1.29, 1.82) is 0 Å². The SMILES string of the molecule is COC(=O)C(O)c1ccc(OC2CC2)c(Br)c1. The molecule has 0 bridgehead atoms. The summed E-state index contributed by atoms with van der Waals surface area (Å²) in [5, 5.41) is 9.66. The maximum absolute atomic E-state index is 11.2. The molecule has 2 rings (SSSR count). The van der Waals surface area contributed by atoms with E-state index in [2.05, 4.69) is 20.7 Å². The van der Waals surface area contributed by atoms with Crippen LogP contribution in [0.5, 0.6) is 5.75 Å². The second kappa shape index (κ2) is 5.06. The molecule has 0 spiro atoms.